The minimum atomic E-state index is -0.466. The molecule has 10 heteroatoms. The molecule has 3 aromatic carbocycles. The number of aliphatic hydroxyl groups is 1. The second kappa shape index (κ2) is 14.1. The molecule has 2 heterocycles. The number of para-hydroxylation sites is 2. The maximum Gasteiger partial charge on any atom is 0.275 e. The van der Waals surface area contributed by atoms with Gasteiger partial charge < -0.3 is 24.8 Å². The Labute approximate surface area is 257 Å². The van der Waals surface area contributed by atoms with E-state index in [0.717, 1.165) is 17.1 Å². The molecule has 1 aromatic heterocycles. The van der Waals surface area contributed by atoms with E-state index in [9.17, 15) is 14.7 Å². The van der Waals surface area contributed by atoms with Crippen LogP contribution in [0.25, 0.3) is 0 Å². The normalized spacial score (nSPS) is 17.2. The number of carbonyl (C=O) groups is 2. The lowest BCUT2D eigenvalue weighted by Gasteiger charge is -2.38. The fraction of sp³-hybridized carbons (Fsp3) is 0.294. The molecule has 3 atom stereocenters. The van der Waals surface area contributed by atoms with Gasteiger partial charge in [-0.2, -0.15) is 0 Å². The van der Waals surface area contributed by atoms with Gasteiger partial charge in [0.1, 0.15) is 23.3 Å². The average molecular weight is 596 g/mol. The molecular weight excluding hydrogens is 558 g/mol. The number of amides is 2. The lowest BCUT2D eigenvalue weighted by atomic mass is 9.98. The number of hydrogen-bond acceptors (Lipinski definition) is 8. The number of benzene rings is 3. The number of carbonyl (C=O) groups excluding carboxylic acids is 2. The molecule has 228 valence electrons. The maximum absolute atomic E-state index is 13.7. The molecule has 4 aromatic rings. The van der Waals surface area contributed by atoms with Gasteiger partial charge >= 0.3 is 0 Å². The Morgan fingerprint density at radius 2 is 1.84 bits per heavy atom. The van der Waals surface area contributed by atoms with Crippen molar-refractivity contribution in [3.63, 3.8) is 0 Å². The summed E-state index contributed by atoms with van der Waals surface area (Å²) in [6.45, 7) is 5.28. The highest BCUT2D eigenvalue weighted by Crippen LogP contribution is 2.35. The van der Waals surface area contributed by atoms with E-state index in [1.165, 1.54) is 18.6 Å². The molecule has 0 saturated carbocycles. The molecule has 44 heavy (non-hydrogen) atoms. The van der Waals surface area contributed by atoms with Gasteiger partial charge in [0.25, 0.3) is 11.8 Å². The topological polar surface area (TPSA) is 117 Å². The fourth-order valence-corrected chi connectivity index (χ4v) is 5.13. The maximum atomic E-state index is 13.7. The second-order valence-electron chi connectivity index (χ2n) is 11.1. The summed E-state index contributed by atoms with van der Waals surface area (Å²) in [5.41, 5.74) is 1.92. The van der Waals surface area contributed by atoms with Gasteiger partial charge in [-0.25, -0.2) is 4.98 Å². The zero-order valence-corrected chi connectivity index (χ0v) is 25.1. The Morgan fingerprint density at radius 1 is 1.09 bits per heavy atom. The molecule has 1 aliphatic heterocycles. The van der Waals surface area contributed by atoms with Crippen LogP contribution in [0.2, 0.25) is 0 Å². The minimum Gasteiger partial charge on any atom is -0.486 e. The predicted molar refractivity (Wildman–Crippen MR) is 167 cm³/mol. The lowest BCUT2D eigenvalue weighted by Crippen LogP contribution is -2.49. The van der Waals surface area contributed by atoms with Gasteiger partial charge in [-0.15, -0.1) is 0 Å². The zero-order chi connectivity index (χ0) is 31.1. The van der Waals surface area contributed by atoms with Crippen LogP contribution in [0.1, 0.15) is 40.3 Å². The van der Waals surface area contributed by atoms with Crippen LogP contribution in [0.4, 0.5) is 5.69 Å². The number of ether oxygens (including phenoxy) is 2. The van der Waals surface area contributed by atoms with E-state index in [2.05, 4.69) is 20.2 Å². The fourth-order valence-electron chi connectivity index (χ4n) is 5.13. The number of aromatic nitrogens is 2. The van der Waals surface area contributed by atoms with Crippen molar-refractivity contribution in [3.8, 4) is 17.2 Å². The lowest BCUT2D eigenvalue weighted by molar-refractivity contribution is 0.0343. The van der Waals surface area contributed by atoms with Crippen molar-refractivity contribution in [2.75, 3.05) is 32.1 Å². The summed E-state index contributed by atoms with van der Waals surface area (Å²) < 4.78 is 12.5. The standard InChI is InChI=1S/C34H37N5O5/c1-23-19-39(24(2)22-40)34(42)28-10-7-11-29(37-33(41)30-18-35-16-17-36-30)32(28)44-31(23)21-38(3)20-25-12-14-27(15-13-25)43-26-8-5-4-6-9-26/h4-18,23-24,31,40H,19-22H2,1-3H3,(H,37,41)/t23-,24+,31-/m1/s1. The third-order valence-electron chi connectivity index (χ3n) is 7.58. The number of nitrogens with one attached hydrogen (secondary N) is 1. The molecule has 0 radical (unpaired) electrons. The number of rotatable bonds is 10. The first-order valence-corrected chi connectivity index (χ1v) is 14.6. The van der Waals surface area contributed by atoms with Gasteiger partial charge in [0.15, 0.2) is 5.75 Å². The molecule has 0 fully saturated rings. The van der Waals surface area contributed by atoms with E-state index in [0.29, 0.717) is 30.9 Å². The zero-order valence-electron chi connectivity index (χ0n) is 25.1. The van der Waals surface area contributed by atoms with Crippen LogP contribution >= 0.6 is 0 Å². The largest absolute Gasteiger partial charge is 0.486 e. The molecular formula is C34H37N5O5. The SMILES string of the molecule is C[C@@H]1CN([C@@H](C)CO)C(=O)c2cccc(NC(=O)c3cnccn3)c2O[C@@H]1CN(C)Cc1ccc(Oc2ccccc2)cc1. The van der Waals surface area contributed by atoms with Crippen LogP contribution in [0.5, 0.6) is 17.2 Å². The van der Waals surface area contributed by atoms with Crippen molar-refractivity contribution in [2.45, 2.75) is 32.5 Å². The number of likely N-dealkylation sites (N-methyl/N-ethyl adjacent to an activating group) is 1. The summed E-state index contributed by atoms with van der Waals surface area (Å²) in [5, 5.41) is 12.8. The highest BCUT2D eigenvalue weighted by atomic mass is 16.5. The van der Waals surface area contributed by atoms with Gasteiger partial charge in [0.2, 0.25) is 0 Å². The highest BCUT2D eigenvalue weighted by molar-refractivity contribution is 6.06. The summed E-state index contributed by atoms with van der Waals surface area (Å²) in [6.07, 6.45) is 3.97. The van der Waals surface area contributed by atoms with E-state index in [4.69, 9.17) is 9.47 Å². The Hall–Kier alpha value is -4.80. The Balaban J connectivity index is 1.36. The number of anilines is 1. The van der Waals surface area contributed by atoms with E-state index >= 15 is 0 Å². The average Bonchev–Trinajstić information content (AvgIpc) is 3.04. The quantitative estimate of drug-likeness (QED) is 0.267. The molecule has 1 aliphatic rings. The number of aliphatic hydroxyl groups excluding tert-OH is 1. The van der Waals surface area contributed by atoms with Crippen LogP contribution in [0.15, 0.2) is 91.4 Å². The van der Waals surface area contributed by atoms with E-state index in [1.807, 2.05) is 75.5 Å². The number of hydrogen-bond donors (Lipinski definition) is 2. The predicted octanol–water partition coefficient (Wildman–Crippen LogP) is 4.87. The Morgan fingerprint density at radius 3 is 2.55 bits per heavy atom. The molecule has 2 amide bonds. The van der Waals surface area contributed by atoms with Crippen LogP contribution < -0.4 is 14.8 Å². The third-order valence-corrected chi connectivity index (χ3v) is 7.58. The third kappa shape index (κ3) is 7.39. The van der Waals surface area contributed by atoms with Crippen molar-refractivity contribution in [1.29, 1.82) is 0 Å². The van der Waals surface area contributed by atoms with E-state index in [-0.39, 0.29) is 36.0 Å². The number of nitrogens with zero attached hydrogens (tertiary/aromatic N) is 4. The van der Waals surface area contributed by atoms with Crippen LogP contribution in [0, 0.1) is 5.92 Å². The van der Waals surface area contributed by atoms with Gasteiger partial charge in [-0.3, -0.25) is 19.5 Å². The van der Waals surface area contributed by atoms with Crippen LogP contribution in [0.3, 0.4) is 0 Å². The van der Waals surface area contributed by atoms with Crippen molar-refractivity contribution in [2.24, 2.45) is 5.92 Å². The molecule has 0 saturated heterocycles. The van der Waals surface area contributed by atoms with Gasteiger partial charge in [-0.05, 0) is 55.9 Å². The summed E-state index contributed by atoms with van der Waals surface area (Å²) >= 11 is 0. The van der Waals surface area contributed by atoms with Crippen molar-refractivity contribution < 1.29 is 24.2 Å². The molecule has 0 spiro atoms. The van der Waals surface area contributed by atoms with Gasteiger partial charge in [0.05, 0.1) is 30.1 Å². The molecule has 0 aliphatic carbocycles. The first kappa shape index (κ1) is 30.7. The van der Waals surface area contributed by atoms with E-state index < -0.39 is 11.9 Å². The summed E-state index contributed by atoms with van der Waals surface area (Å²) in [4.78, 5) is 38.6. The molecule has 2 N–H and O–H groups in total. The van der Waals surface area contributed by atoms with Crippen molar-refractivity contribution in [1.82, 2.24) is 19.8 Å². The number of fused-ring (bicyclic) bond motifs is 1. The molecule has 5 rings (SSSR count). The molecule has 0 bridgehead atoms. The van der Waals surface area contributed by atoms with Gasteiger partial charge in [0, 0.05) is 37.9 Å². The van der Waals surface area contributed by atoms with Crippen LogP contribution in [-0.4, -0.2) is 75.6 Å². The molecule has 10 nitrogen and oxygen atoms in total. The van der Waals surface area contributed by atoms with Crippen molar-refractivity contribution >= 4 is 17.5 Å². The second-order valence-corrected chi connectivity index (χ2v) is 11.1. The van der Waals surface area contributed by atoms with Crippen molar-refractivity contribution in [3.05, 3.63) is 108 Å². The molecule has 0 unspecified atom stereocenters. The monoisotopic (exact) mass is 595 g/mol. The van der Waals surface area contributed by atoms with Crippen LogP contribution in [-0.2, 0) is 6.54 Å². The summed E-state index contributed by atoms with van der Waals surface area (Å²) in [5.74, 6) is 1.00. The highest BCUT2D eigenvalue weighted by Gasteiger charge is 2.34. The minimum absolute atomic E-state index is 0.0889. The van der Waals surface area contributed by atoms with Gasteiger partial charge in [-0.1, -0.05) is 43.3 Å². The first-order chi connectivity index (χ1) is 21.3. The smallest absolute Gasteiger partial charge is 0.275 e. The Bertz CT molecular complexity index is 1550. The first-order valence-electron chi connectivity index (χ1n) is 14.6. The Kier molecular flexibility index (Phi) is 9.83. The summed E-state index contributed by atoms with van der Waals surface area (Å²) in [7, 11) is 2.02. The summed E-state index contributed by atoms with van der Waals surface area (Å²) in [6, 6.07) is 22.3. The van der Waals surface area contributed by atoms with E-state index in [1.54, 1.807) is 23.1 Å².